The number of pyridine rings is 1. The van der Waals surface area contributed by atoms with Gasteiger partial charge in [-0.2, -0.15) is 0 Å². The third kappa shape index (κ3) is 6.29. The fourth-order valence-electron chi connectivity index (χ4n) is 5.12. The smallest absolute Gasteiger partial charge is 0.352 e. The van der Waals surface area contributed by atoms with Gasteiger partial charge in [-0.25, -0.2) is 19.1 Å². The SMILES string of the molecule is C[C@@H]1S[C@@H]2[C@H](CC(=O)/C(=N\O[C@@H](CC(=O)O)C(=O)O)c3csc(N)n3)C(=O)N2C(C(=O)O)=C1C[n+]1ccc2cc(O)c(O)cc2c1. The Hall–Kier alpha value is -5.23. The molecule has 1 fully saturated rings. The van der Waals surface area contributed by atoms with Crippen LogP contribution in [-0.2, 0) is 35.4 Å². The predicted octanol–water partition coefficient (Wildman–Crippen LogP) is 1.14. The average Bonchev–Trinajstić information content (AvgIpc) is 3.42. The zero-order chi connectivity index (χ0) is 33.4. The number of thioether (sulfide) groups is 1. The van der Waals surface area contributed by atoms with E-state index in [9.17, 15) is 44.4 Å². The van der Waals surface area contributed by atoms with E-state index in [1.54, 1.807) is 30.0 Å². The van der Waals surface area contributed by atoms with Crippen molar-refractivity contribution in [1.82, 2.24) is 9.88 Å². The quantitative estimate of drug-likeness (QED) is 0.0519. The second-order valence-electron chi connectivity index (χ2n) is 10.4. The second kappa shape index (κ2) is 12.6. The number of nitrogens with two attached hydrogens (primary N) is 1. The molecule has 0 unspecified atom stereocenters. The number of amides is 1. The number of carboxylic acid groups (broad SMARTS) is 3. The third-order valence-corrected chi connectivity index (χ3v) is 9.54. The van der Waals surface area contributed by atoms with Crippen LogP contribution in [0.3, 0.4) is 0 Å². The maximum atomic E-state index is 13.4. The molecule has 3 aromatic rings. The highest BCUT2D eigenvalue weighted by atomic mass is 32.2. The number of carboxylic acids is 3. The number of aliphatic carboxylic acids is 3. The molecular formula is C28H26N5O11S2+. The largest absolute Gasteiger partial charge is 0.504 e. The van der Waals surface area contributed by atoms with Crippen LogP contribution in [0.4, 0.5) is 5.13 Å². The standard InChI is InChI=1S/C28H25N5O11S2/c1-11-15(9-32-3-2-12-4-17(34)18(35)5-13(12)8-32)23(27(42)43)33-24(39)14(25(33)46-11)6-19(36)22(16-10-45-28(29)30-16)31-44-20(26(40)41)7-21(37)38/h2-5,8,10-11,14,20,25H,6-7,9H2,1H3,(H6,29,30,35,37,38,40,41,42,43)/p+1/b31-22-/t11-,14+,20-,25+/m0/s1. The lowest BCUT2D eigenvalue weighted by molar-refractivity contribution is -0.687. The van der Waals surface area contributed by atoms with E-state index in [0.717, 1.165) is 16.2 Å². The van der Waals surface area contributed by atoms with E-state index in [0.29, 0.717) is 16.3 Å². The zero-order valence-electron chi connectivity index (χ0n) is 23.8. The molecule has 5 rings (SSSR count). The number of carbonyl (C=O) groups excluding carboxylic acids is 2. The molecule has 1 aromatic carbocycles. The fraction of sp³-hybridized carbons (Fsp3) is 0.286. The van der Waals surface area contributed by atoms with Crippen LogP contribution in [0.1, 0.15) is 25.5 Å². The van der Waals surface area contributed by atoms with Gasteiger partial charge in [0.15, 0.2) is 47.1 Å². The molecule has 240 valence electrons. The highest BCUT2D eigenvalue weighted by Gasteiger charge is 2.56. The van der Waals surface area contributed by atoms with Crippen molar-refractivity contribution in [3.8, 4) is 11.5 Å². The first-order valence-electron chi connectivity index (χ1n) is 13.5. The molecule has 46 heavy (non-hydrogen) atoms. The van der Waals surface area contributed by atoms with Crippen molar-refractivity contribution < 1.29 is 58.9 Å². The number of hydrogen-bond acceptors (Lipinski definition) is 13. The van der Waals surface area contributed by atoms with Gasteiger partial charge in [-0.05, 0) is 24.4 Å². The molecule has 0 radical (unpaired) electrons. The van der Waals surface area contributed by atoms with Crippen LogP contribution >= 0.6 is 23.1 Å². The van der Waals surface area contributed by atoms with E-state index in [2.05, 4.69) is 10.1 Å². The molecule has 2 aliphatic heterocycles. The molecule has 18 heteroatoms. The van der Waals surface area contributed by atoms with Crippen LogP contribution in [0, 0.1) is 5.92 Å². The maximum absolute atomic E-state index is 13.4. The first-order valence-corrected chi connectivity index (χ1v) is 15.3. The summed E-state index contributed by atoms with van der Waals surface area (Å²) in [4.78, 5) is 71.8. The minimum Gasteiger partial charge on any atom is -0.504 e. The number of rotatable bonds is 12. The van der Waals surface area contributed by atoms with E-state index in [1.165, 1.54) is 29.3 Å². The summed E-state index contributed by atoms with van der Waals surface area (Å²) in [5.74, 6) is -7.39. The molecule has 1 saturated heterocycles. The topological polar surface area (TPSA) is 254 Å². The van der Waals surface area contributed by atoms with E-state index >= 15 is 0 Å². The number of phenolic OH excluding ortho intramolecular Hbond substituents is 2. The van der Waals surface area contributed by atoms with Gasteiger partial charge in [0.2, 0.25) is 12.0 Å². The van der Waals surface area contributed by atoms with Crippen molar-refractivity contribution in [2.24, 2.45) is 11.1 Å². The number of phenols is 2. The van der Waals surface area contributed by atoms with Crippen molar-refractivity contribution in [2.75, 3.05) is 5.73 Å². The molecule has 4 atom stereocenters. The number of ketones is 1. The second-order valence-corrected chi connectivity index (χ2v) is 12.8. The molecule has 16 nitrogen and oxygen atoms in total. The lowest BCUT2D eigenvalue weighted by Gasteiger charge is -2.50. The molecule has 0 aliphatic carbocycles. The van der Waals surface area contributed by atoms with Gasteiger partial charge >= 0.3 is 17.9 Å². The van der Waals surface area contributed by atoms with Gasteiger partial charge in [0.1, 0.15) is 11.4 Å². The number of aromatic hydroxyl groups is 2. The van der Waals surface area contributed by atoms with Gasteiger partial charge in [0, 0.05) is 34.1 Å². The number of nitrogen functional groups attached to an aromatic ring is 1. The number of carbonyl (C=O) groups is 5. The third-order valence-electron chi connectivity index (χ3n) is 7.36. The van der Waals surface area contributed by atoms with Gasteiger partial charge in [0.05, 0.1) is 17.7 Å². The monoisotopic (exact) mass is 672 g/mol. The Balaban J connectivity index is 1.39. The summed E-state index contributed by atoms with van der Waals surface area (Å²) in [5, 5.41) is 53.2. The Bertz CT molecular complexity index is 1860. The van der Waals surface area contributed by atoms with Crippen LogP contribution in [0.5, 0.6) is 11.5 Å². The normalized spacial score (nSPS) is 20.2. The van der Waals surface area contributed by atoms with Crippen LogP contribution in [0.15, 0.2) is 52.4 Å². The molecule has 0 spiro atoms. The Morgan fingerprint density at radius 2 is 1.85 bits per heavy atom. The van der Waals surface area contributed by atoms with Gasteiger partial charge in [-0.1, -0.05) is 5.16 Å². The molecule has 2 aromatic heterocycles. The van der Waals surface area contributed by atoms with E-state index in [-0.39, 0.29) is 34.6 Å². The number of oxime groups is 1. The highest BCUT2D eigenvalue weighted by Crippen LogP contribution is 2.48. The minimum absolute atomic E-state index is 0.0568. The average molecular weight is 673 g/mol. The Labute approximate surface area is 267 Å². The van der Waals surface area contributed by atoms with Gasteiger partial charge in [-0.3, -0.25) is 19.3 Å². The number of anilines is 1. The van der Waals surface area contributed by atoms with Crippen molar-refractivity contribution in [3.05, 3.63) is 52.9 Å². The Morgan fingerprint density at radius 3 is 2.46 bits per heavy atom. The number of aromatic nitrogens is 2. The highest BCUT2D eigenvalue weighted by molar-refractivity contribution is 8.00. The first-order chi connectivity index (χ1) is 21.7. The molecule has 7 N–H and O–H groups in total. The molecule has 0 saturated carbocycles. The van der Waals surface area contributed by atoms with Crippen LogP contribution in [0.25, 0.3) is 10.8 Å². The Morgan fingerprint density at radius 1 is 1.15 bits per heavy atom. The lowest BCUT2D eigenvalue weighted by Crippen LogP contribution is -2.63. The molecule has 1 amide bonds. The predicted molar refractivity (Wildman–Crippen MR) is 161 cm³/mol. The van der Waals surface area contributed by atoms with Crippen molar-refractivity contribution in [2.45, 2.75) is 43.0 Å². The molecule has 0 bridgehead atoms. The number of hydrogen-bond donors (Lipinski definition) is 6. The van der Waals surface area contributed by atoms with Gasteiger partial charge < -0.3 is 36.1 Å². The summed E-state index contributed by atoms with van der Waals surface area (Å²) in [6.45, 7) is 1.87. The first kappa shape index (κ1) is 32.2. The van der Waals surface area contributed by atoms with Gasteiger partial charge in [0.25, 0.3) is 0 Å². The molecular weight excluding hydrogens is 646 g/mol. The lowest BCUT2D eigenvalue weighted by atomic mass is 9.88. The van der Waals surface area contributed by atoms with Crippen LogP contribution in [-0.4, -0.2) is 87.5 Å². The summed E-state index contributed by atoms with van der Waals surface area (Å²) >= 11 is 2.24. The fourth-order valence-corrected chi connectivity index (χ4v) is 7.17. The summed E-state index contributed by atoms with van der Waals surface area (Å²) in [6.07, 6.45) is 0.0415. The zero-order valence-corrected chi connectivity index (χ0v) is 25.4. The van der Waals surface area contributed by atoms with E-state index in [1.807, 2.05) is 0 Å². The van der Waals surface area contributed by atoms with Crippen molar-refractivity contribution >= 4 is 74.3 Å². The van der Waals surface area contributed by atoms with Gasteiger partial charge in [-0.15, -0.1) is 23.1 Å². The number of Topliss-reactive ketones (excluding diaryl/α,β-unsaturated/α-hetero) is 1. The maximum Gasteiger partial charge on any atom is 0.352 e. The summed E-state index contributed by atoms with van der Waals surface area (Å²) in [6, 6.07) is 4.46. The summed E-state index contributed by atoms with van der Waals surface area (Å²) in [5.41, 5.74) is 5.37. The van der Waals surface area contributed by atoms with Crippen molar-refractivity contribution in [3.63, 3.8) is 0 Å². The number of thiazole rings is 1. The number of β-lactam (4-membered cyclic amide) rings is 1. The number of benzene rings is 1. The summed E-state index contributed by atoms with van der Waals surface area (Å²) in [7, 11) is 0. The Kier molecular flexibility index (Phi) is 8.84. The number of nitrogens with zero attached hydrogens (tertiary/aromatic N) is 4. The summed E-state index contributed by atoms with van der Waals surface area (Å²) < 4.78 is 1.69. The van der Waals surface area contributed by atoms with Crippen LogP contribution < -0.4 is 10.3 Å². The van der Waals surface area contributed by atoms with E-state index < -0.39 is 70.8 Å². The number of fused-ring (bicyclic) bond motifs is 2. The van der Waals surface area contributed by atoms with Crippen molar-refractivity contribution in [1.29, 1.82) is 0 Å². The van der Waals surface area contributed by atoms with E-state index in [4.69, 9.17) is 15.7 Å². The van der Waals surface area contributed by atoms with Crippen LogP contribution in [0.2, 0.25) is 0 Å². The minimum atomic E-state index is -1.91. The molecule has 4 heterocycles. The molecule has 2 aliphatic rings.